The van der Waals surface area contributed by atoms with E-state index in [1.54, 1.807) is 19.2 Å². The third kappa shape index (κ3) is 5.13. The second kappa shape index (κ2) is 8.92. The van der Waals surface area contributed by atoms with Crippen LogP contribution in [0.4, 0.5) is 10.5 Å². The van der Waals surface area contributed by atoms with Crippen molar-refractivity contribution in [1.29, 1.82) is 0 Å². The zero-order chi connectivity index (χ0) is 18.4. The number of halogens is 1. The van der Waals surface area contributed by atoms with Gasteiger partial charge in [0, 0.05) is 43.4 Å². The number of rotatable bonds is 4. The van der Waals surface area contributed by atoms with Crippen LogP contribution < -0.4 is 10.1 Å². The fourth-order valence-corrected chi connectivity index (χ4v) is 3.28. The lowest BCUT2D eigenvalue weighted by molar-refractivity contribution is 0.211. The van der Waals surface area contributed by atoms with E-state index < -0.39 is 0 Å². The van der Waals surface area contributed by atoms with Crippen molar-refractivity contribution >= 4 is 23.3 Å². The molecule has 138 valence electrons. The minimum absolute atomic E-state index is 0.0708. The van der Waals surface area contributed by atoms with Gasteiger partial charge in [-0.05, 0) is 42.3 Å². The maximum absolute atomic E-state index is 12.5. The summed E-state index contributed by atoms with van der Waals surface area (Å²) in [7, 11) is 1.67. The zero-order valence-electron chi connectivity index (χ0n) is 15.0. The van der Waals surface area contributed by atoms with E-state index in [1.807, 2.05) is 29.2 Å². The molecule has 0 aromatic heterocycles. The molecule has 5 nitrogen and oxygen atoms in total. The third-order valence-corrected chi connectivity index (χ3v) is 4.75. The summed E-state index contributed by atoms with van der Waals surface area (Å²) in [5.74, 6) is 0.869. The number of hydrogen-bond acceptors (Lipinski definition) is 3. The summed E-state index contributed by atoms with van der Waals surface area (Å²) in [6.07, 6.45) is 0.957. The molecule has 0 aliphatic carbocycles. The predicted molar refractivity (Wildman–Crippen MR) is 105 cm³/mol. The highest BCUT2D eigenvalue weighted by Crippen LogP contribution is 2.17. The van der Waals surface area contributed by atoms with Crippen LogP contribution in [0.15, 0.2) is 48.5 Å². The number of nitrogens with one attached hydrogen (secondary N) is 1. The van der Waals surface area contributed by atoms with Gasteiger partial charge in [0.2, 0.25) is 0 Å². The average Bonchev–Trinajstić information content (AvgIpc) is 2.88. The van der Waals surface area contributed by atoms with E-state index in [1.165, 1.54) is 5.56 Å². The largest absolute Gasteiger partial charge is 0.497 e. The summed E-state index contributed by atoms with van der Waals surface area (Å²) in [4.78, 5) is 16.8. The highest BCUT2D eigenvalue weighted by Gasteiger charge is 2.19. The molecular formula is C20H24ClN3O2. The number of amides is 2. The Bertz CT molecular complexity index is 736. The Morgan fingerprint density at radius 3 is 2.65 bits per heavy atom. The van der Waals surface area contributed by atoms with E-state index in [9.17, 15) is 4.79 Å². The molecule has 26 heavy (non-hydrogen) atoms. The second-order valence-corrected chi connectivity index (χ2v) is 6.84. The number of methoxy groups -OCH3 is 1. The first-order valence-electron chi connectivity index (χ1n) is 8.81. The molecule has 2 aromatic carbocycles. The molecule has 6 heteroatoms. The summed E-state index contributed by atoms with van der Waals surface area (Å²) in [5.41, 5.74) is 1.98. The van der Waals surface area contributed by atoms with Crippen molar-refractivity contribution in [3.05, 3.63) is 59.1 Å². The molecule has 1 saturated heterocycles. The first-order chi connectivity index (χ1) is 12.6. The molecular weight excluding hydrogens is 350 g/mol. The van der Waals surface area contributed by atoms with Crippen LogP contribution in [0.25, 0.3) is 0 Å². The molecule has 3 rings (SSSR count). The Hall–Kier alpha value is -2.24. The normalized spacial score (nSPS) is 15.4. The number of ether oxygens (including phenoxy) is 1. The van der Waals surface area contributed by atoms with Crippen molar-refractivity contribution in [3.63, 3.8) is 0 Å². The maximum Gasteiger partial charge on any atom is 0.321 e. The first-order valence-corrected chi connectivity index (χ1v) is 9.18. The quantitative estimate of drug-likeness (QED) is 0.877. The molecule has 0 radical (unpaired) electrons. The second-order valence-electron chi connectivity index (χ2n) is 6.41. The Labute approximate surface area is 159 Å². The van der Waals surface area contributed by atoms with Crippen molar-refractivity contribution in [3.8, 4) is 5.75 Å². The van der Waals surface area contributed by atoms with E-state index in [0.717, 1.165) is 44.0 Å². The van der Waals surface area contributed by atoms with Crippen molar-refractivity contribution in [2.45, 2.75) is 13.0 Å². The summed E-state index contributed by atoms with van der Waals surface area (Å²) in [6, 6.07) is 15.3. The summed E-state index contributed by atoms with van der Waals surface area (Å²) in [6.45, 7) is 4.18. The molecule has 0 unspecified atom stereocenters. The van der Waals surface area contributed by atoms with E-state index in [0.29, 0.717) is 11.6 Å². The molecule has 0 spiro atoms. The van der Waals surface area contributed by atoms with Crippen LogP contribution >= 0.6 is 11.6 Å². The van der Waals surface area contributed by atoms with Crippen LogP contribution in [-0.4, -0.2) is 49.1 Å². The molecule has 2 amide bonds. The summed E-state index contributed by atoms with van der Waals surface area (Å²) < 4.78 is 5.20. The highest BCUT2D eigenvalue weighted by atomic mass is 35.5. The van der Waals surface area contributed by atoms with Crippen molar-refractivity contribution in [1.82, 2.24) is 9.80 Å². The Kier molecular flexibility index (Phi) is 6.36. The van der Waals surface area contributed by atoms with Gasteiger partial charge in [0.25, 0.3) is 0 Å². The first kappa shape index (κ1) is 18.5. The number of anilines is 1. The van der Waals surface area contributed by atoms with Gasteiger partial charge in [0.15, 0.2) is 0 Å². The fraction of sp³-hybridized carbons (Fsp3) is 0.350. The van der Waals surface area contributed by atoms with Gasteiger partial charge in [-0.2, -0.15) is 0 Å². The standard InChI is InChI=1S/C20H24ClN3O2/c1-26-19-8-6-16(7-9-19)15-23-10-3-11-24(13-12-23)20(25)22-18-5-2-4-17(21)14-18/h2,4-9,14H,3,10-13,15H2,1H3,(H,22,25). The van der Waals surface area contributed by atoms with Crippen LogP contribution in [0.2, 0.25) is 5.02 Å². The monoisotopic (exact) mass is 373 g/mol. The number of urea groups is 1. The predicted octanol–water partition coefficient (Wildman–Crippen LogP) is 4.09. The number of hydrogen-bond donors (Lipinski definition) is 1. The zero-order valence-corrected chi connectivity index (χ0v) is 15.7. The minimum atomic E-state index is -0.0708. The topological polar surface area (TPSA) is 44.8 Å². The van der Waals surface area contributed by atoms with Crippen LogP contribution in [0, 0.1) is 0 Å². The Morgan fingerprint density at radius 2 is 1.92 bits per heavy atom. The van der Waals surface area contributed by atoms with Crippen molar-refractivity contribution in [2.24, 2.45) is 0 Å². The van der Waals surface area contributed by atoms with E-state index in [-0.39, 0.29) is 6.03 Å². The molecule has 0 bridgehead atoms. The molecule has 1 N–H and O–H groups in total. The van der Waals surface area contributed by atoms with Gasteiger partial charge in [0.1, 0.15) is 5.75 Å². The molecule has 0 saturated carbocycles. The molecule has 1 heterocycles. The van der Waals surface area contributed by atoms with Crippen LogP contribution in [0.5, 0.6) is 5.75 Å². The Balaban J connectivity index is 1.53. The smallest absolute Gasteiger partial charge is 0.321 e. The van der Waals surface area contributed by atoms with Gasteiger partial charge in [-0.25, -0.2) is 4.79 Å². The average molecular weight is 374 g/mol. The van der Waals surface area contributed by atoms with Gasteiger partial charge in [-0.15, -0.1) is 0 Å². The number of carbonyl (C=O) groups excluding carboxylic acids is 1. The van der Waals surface area contributed by atoms with Gasteiger partial charge in [0.05, 0.1) is 7.11 Å². The molecule has 1 fully saturated rings. The van der Waals surface area contributed by atoms with E-state index >= 15 is 0 Å². The lowest BCUT2D eigenvalue weighted by Crippen LogP contribution is -2.38. The lowest BCUT2D eigenvalue weighted by atomic mass is 10.2. The fourth-order valence-electron chi connectivity index (χ4n) is 3.09. The lowest BCUT2D eigenvalue weighted by Gasteiger charge is -2.22. The van der Waals surface area contributed by atoms with Crippen molar-refractivity contribution in [2.75, 3.05) is 38.6 Å². The van der Waals surface area contributed by atoms with Gasteiger partial charge < -0.3 is 15.0 Å². The highest BCUT2D eigenvalue weighted by molar-refractivity contribution is 6.30. The van der Waals surface area contributed by atoms with Gasteiger partial charge in [-0.1, -0.05) is 29.8 Å². The van der Waals surface area contributed by atoms with E-state index in [2.05, 4.69) is 22.3 Å². The van der Waals surface area contributed by atoms with E-state index in [4.69, 9.17) is 16.3 Å². The summed E-state index contributed by atoms with van der Waals surface area (Å²) >= 11 is 5.98. The van der Waals surface area contributed by atoms with Gasteiger partial charge in [-0.3, -0.25) is 4.90 Å². The van der Waals surface area contributed by atoms with Crippen LogP contribution in [0.3, 0.4) is 0 Å². The SMILES string of the molecule is COc1ccc(CN2CCCN(C(=O)Nc3cccc(Cl)c3)CC2)cc1. The van der Waals surface area contributed by atoms with Crippen LogP contribution in [-0.2, 0) is 6.54 Å². The summed E-state index contributed by atoms with van der Waals surface area (Å²) in [5, 5.41) is 3.54. The minimum Gasteiger partial charge on any atom is -0.497 e. The van der Waals surface area contributed by atoms with Crippen LogP contribution in [0.1, 0.15) is 12.0 Å². The third-order valence-electron chi connectivity index (χ3n) is 4.52. The molecule has 2 aromatic rings. The molecule has 1 aliphatic rings. The van der Waals surface area contributed by atoms with Gasteiger partial charge >= 0.3 is 6.03 Å². The number of carbonyl (C=O) groups is 1. The maximum atomic E-state index is 12.5. The number of nitrogens with zero attached hydrogens (tertiary/aromatic N) is 2. The van der Waals surface area contributed by atoms with Crippen molar-refractivity contribution < 1.29 is 9.53 Å². The number of benzene rings is 2. The molecule has 0 atom stereocenters. The Morgan fingerprint density at radius 1 is 1.12 bits per heavy atom. The molecule has 1 aliphatic heterocycles.